The molecule has 0 spiro atoms. The number of piperazine rings is 1. The molecule has 0 saturated carbocycles. The van der Waals surface area contributed by atoms with Gasteiger partial charge in [0.05, 0.1) is 0 Å². The van der Waals surface area contributed by atoms with Gasteiger partial charge in [0.25, 0.3) is 0 Å². The molecule has 106 valence electrons. The molecular formula is C15H24FN3. The van der Waals surface area contributed by atoms with Crippen molar-refractivity contribution < 1.29 is 4.39 Å². The normalized spacial score (nSPS) is 18.4. The summed E-state index contributed by atoms with van der Waals surface area (Å²) < 4.78 is 13.2. The molecule has 2 N–H and O–H groups in total. The van der Waals surface area contributed by atoms with Gasteiger partial charge in [-0.25, -0.2) is 4.39 Å². The predicted molar refractivity (Wildman–Crippen MR) is 76.7 cm³/mol. The van der Waals surface area contributed by atoms with Crippen LogP contribution in [0.4, 0.5) is 4.39 Å². The van der Waals surface area contributed by atoms with Crippen molar-refractivity contribution in [1.82, 2.24) is 15.5 Å². The number of nitrogens with one attached hydrogen (secondary N) is 2. The molecule has 3 nitrogen and oxygen atoms in total. The quantitative estimate of drug-likeness (QED) is 0.821. The van der Waals surface area contributed by atoms with Crippen LogP contribution in [0.15, 0.2) is 24.3 Å². The van der Waals surface area contributed by atoms with Crippen molar-refractivity contribution in [3.05, 3.63) is 35.6 Å². The highest BCUT2D eigenvalue weighted by Gasteiger charge is 2.12. The number of halogens is 1. The fraction of sp³-hybridized carbons (Fsp3) is 0.600. The van der Waals surface area contributed by atoms with E-state index < -0.39 is 0 Å². The Balaban J connectivity index is 1.79. The summed E-state index contributed by atoms with van der Waals surface area (Å²) in [6.07, 6.45) is 2.19. The van der Waals surface area contributed by atoms with E-state index in [9.17, 15) is 4.39 Å². The molecule has 1 aliphatic rings. The van der Waals surface area contributed by atoms with Gasteiger partial charge in [0.2, 0.25) is 0 Å². The molecule has 0 amide bonds. The third-order valence-corrected chi connectivity index (χ3v) is 3.78. The second kappa shape index (κ2) is 7.58. The topological polar surface area (TPSA) is 27.3 Å². The Morgan fingerprint density at radius 3 is 2.84 bits per heavy atom. The first-order chi connectivity index (χ1) is 9.29. The first-order valence-corrected chi connectivity index (χ1v) is 7.15. The third-order valence-electron chi connectivity index (χ3n) is 3.78. The molecule has 1 unspecified atom stereocenters. The SMILES string of the molecule is CNC(CCCN1CCNCC1)c1cccc(F)c1. The van der Waals surface area contributed by atoms with Gasteiger partial charge in [0.15, 0.2) is 0 Å². The number of hydrogen-bond donors (Lipinski definition) is 2. The van der Waals surface area contributed by atoms with Gasteiger partial charge in [-0.2, -0.15) is 0 Å². The lowest BCUT2D eigenvalue weighted by Crippen LogP contribution is -2.43. The summed E-state index contributed by atoms with van der Waals surface area (Å²) >= 11 is 0. The maximum atomic E-state index is 13.2. The summed E-state index contributed by atoms with van der Waals surface area (Å²) in [5, 5.41) is 6.65. The zero-order valence-corrected chi connectivity index (χ0v) is 11.7. The average Bonchev–Trinajstić information content (AvgIpc) is 2.45. The van der Waals surface area contributed by atoms with Crippen LogP contribution in [0.25, 0.3) is 0 Å². The van der Waals surface area contributed by atoms with E-state index in [1.54, 1.807) is 12.1 Å². The van der Waals surface area contributed by atoms with Crippen molar-refractivity contribution in [2.45, 2.75) is 18.9 Å². The fourth-order valence-electron chi connectivity index (χ4n) is 2.65. The Bertz CT molecular complexity index is 377. The molecule has 2 rings (SSSR count). The highest BCUT2D eigenvalue weighted by molar-refractivity contribution is 5.20. The molecule has 1 heterocycles. The Kier molecular flexibility index (Phi) is 5.76. The lowest BCUT2D eigenvalue weighted by Gasteiger charge is -2.27. The minimum atomic E-state index is -0.153. The van der Waals surface area contributed by atoms with Gasteiger partial charge in [-0.05, 0) is 44.1 Å². The van der Waals surface area contributed by atoms with E-state index in [-0.39, 0.29) is 11.9 Å². The molecule has 0 bridgehead atoms. The summed E-state index contributed by atoms with van der Waals surface area (Å²) in [5.74, 6) is -0.153. The average molecular weight is 265 g/mol. The Morgan fingerprint density at radius 1 is 1.37 bits per heavy atom. The standard InChI is InChI=1S/C15H24FN3/c1-17-15(13-4-2-5-14(16)12-13)6-3-9-19-10-7-18-8-11-19/h2,4-5,12,15,17-18H,3,6-11H2,1H3. The molecule has 1 aromatic carbocycles. The molecule has 1 fully saturated rings. The molecule has 0 radical (unpaired) electrons. The van der Waals surface area contributed by atoms with Gasteiger partial charge in [-0.1, -0.05) is 12.1 Å². The molecular weight excluding hydrogens is 241 g/mol. The van der Waals surface area contributed by atoms with Crippen LogP contribution in [0.3, 0.4) is 0 Å². The second-order valence-corrected chi connectivity index (χ2v) is 5.13. The number of nitrogens with zero attached hydrogens (tertiary/aromatic N) is 1. The third kappa shape index (κ3) is 4.56. The van der Waals surface area contributed by atoms with Gasteiger partial charge < -0.3 is 15.5 Å². The number of hydrogen-bond acceptors (Lipinski definition) is 3. The van der Waals surface area contributed by atoms with Crippen LogP contribution in [0.1, 0.15) is 24.4 Å². The van der Waals surface area contributed by atoms with Gasteiger partial charge in [-0.3, -0.25) is 0 Å². The highest BCUT2D eigenvalue weighted by Crippen LogP contribution is 2.19. The Labute approximate surface area is 115 Å². The van der Waals surface area contributed by atoms with E-state index in [4.69, 9.17) is 0 Å². The fourth-order valence-corrected chi connectivity index (χ4v) is 2.65. The van der Waals surface area contributed by atoms with Crippen molar-refractivity contribution in [2.24, 2.45) is 0 Å². The number of rotatable bonds is 6. The van der Waals surface area contributed by atoms with Crippen LogP contribution < -0.4 is 10.6 Å². The summed E-state index contributed by atoms with van der Waals surface area (Å²) in [6, 6.07) is 7.15. The summed E-state index contributed by atoms with van der Waals surface area (Å²) in [5.41, 5.74) is 1.04. The van der Waals surface area contributed by atoms with Crippen LogP contribution in [0, 0.1) is 5.82 Å². The van der Waals surface area contributed by atoms with Gasteiger partial charge in [0, 0.05) is 32.2 Å². The lowest BCUT2D eigenvalue weighted by molar-refractivity contribution is 0.233. The summed E-state index contributed by atoms with van der Waals surface area (Å²) in [6.45, 7) is 5.61. The Morgan fingerprint density at radius 2 is 2.16 bits per heavy atom. The highest BCUT2D eigenvalue weighted by atomic mass is 19.1. The van der Waals surface area contributed by atoms with Crippen LogP contribution >= 0.6 is 0 Å². The van der Waals surface area contributed by atoms with E-state index in [0.717, 1.165) is 51.1 Å². The Hall–Kier alpha value is -0.970. The molecule has 1 saturated heterocycles. The molecule has 0 aliphatic carbocycles. The second-order valence-electron chi connectivity index (χ2n) is 5.13. The van der Waals surface area contributed by atoms with Crippen molar-refractivity contribution in [3.63, 3.8) is 0 Å². The van der Waals surface area contributed by atoms with Crippen LogP contribution in [0.5, 0.6) is 0 Å². The van der Waals surface area contributed by atoms with Crippen molar-refractivity contribution >= 4 is 0 Å². The number of benzene rings is 1. The van der Waals surface area contributed by atoms with Crippen molar-refractivity contribution in [3.8, 4) is 0 Å². The molecule has 0 aromatic heterocycles. The largest absolute Gasteiger partial charge is 0.314 e. The van der Waals surface area contributed by atoms with Crippen molar-refractivity contribution in [2.75, 3.05) is 39.8 Å². The van der Waals surface area contributed by atoms with E-state index in [1.165, 1.54) is 6.07 Å². The minimum absolute atomic E-state index is 0.153. The monoisotopic (exact) mass is 265 g/mol. The van der Waals surface area contributed by atoms with Crippen LogP contribution in [-0.2, 0) is 0 Å². The van der Waals surface area contributed by atoms with Gasteiger partial charge in [0.1, 0.15) is 5.82 Å². The molecule has 1 atom stereocenters. The predicted octanol–water partition coefficient (Wildman–Crippen LogP) is 1.77. The van der Waals surface area contributed by atoms with Crippen molar-refractivity contribution in [1.29, 1.82) is 0 Å². The first kappa shape index (κ1) is 14.4. The molecule has 4 heteroatoms. The van der Waals surface area contributed by atoms with Crippen LogP contribution in [-0.4, -0.2) is 44.7 Å². The summed E-state index contributed by atoms with van der Waals surface area (Å²) in [7, 11) is 1.94. The van der Waals surface area contributed by atoms with Gasteiger partial charge in [-0.15, -0.1) is 0 Å². The van der Waals surface area contributed by atoms with E-state index in [1.807, 2.05) is 13.1 Å². The molecule has 1 aliphatic heterocycles. The maximum Gasteiger partial charge on any atom is 0.123 e. The van der Waals surface area contributed by atoms with E-state index >= 15 is 0 Å². The van der Waals surface area contributed by atoms with Crippen LogP contribution in [0.2, 0.25) is 0 Å². The lowest BCUT2D eigenvalue weighted by atomic mass is 10.0. The zero-order valence-electron chi connectivity index (χ0n) is 11.7. The minimum Gasteiger partial charge on any atom is -0.314 e. The molecule has 1 aromatic rings. The zero-order chi connectivity index (χ0) is 13.5. The first-order valence-electron chi connectivity index (χ1n) is 7.15. The van der Waals surface area contributed by atoms with Gasteiger partial charge >= 0.3 is 0 Å². The summed E-state index contributed by atoms with van der Waals surface area (Å²) in [4.78, 5) is 2.49. The smallest absolute Gasteiger partial charge is 0.123 e. The van der Waals surface area contributed by atoms with E-state index in [2.05, 4.69) is 15.5 Å². The maximum absolute atomic E-state index is 13.2. The molecule has 19 heavy (non-hydrogen) atoms. The van der Waals surface area contributed by atoms with E-state index in [0.29, 0.717) is 0 Å².